The van der Waals surface area contributed by atoms with Crippen LogP contribution in [0.5, 0.6) is 0 Å². The Balaban J connectivity index is 1.15. The molecule has 0 spiro atoms. The van der Waals surface area contributed by atoms with Crippen LogP contribution in [0.2, 0.25) is 0 Å². The van der Waals surface area contributed by atoms with E-state index < -0.39 is 31.7 Å². The molecular formula is C40H30F2N2S2. The van der Waals surface area contributed by atoms with E-state index in [4.69, 9.17) is 0 Å². The summed E-state index contributed by atoms with van der Waals surface area (Å²) in [5.41, 5.74) is 8.93. The summed E-state index contributed by atoms with van der Waals surface area (Å²) >= 11 is 0. The summed E-state index contributed by atoms with van der Waals surface area (Å²) in [6.07, 6.45) is 12.8. The minimum atomic E-state index is -1.11. The number of halogens is 2. The van der Waals surface area contributed by atoms with E-state index in [1.54, 1.807) is 24.5 Å². The molecule has 226 valence electrons. The molecule has 0 bridgehead atoms. The minimum Gasteiger partial charge on any atom is -0.253 e. The zero-order chi connectivity index (χ0) is 31.5. The molecule has 0 saturated heterocycles. The van der Waals surface area contributed by atoms with Gasteiger partial charge in [-0.1, -0.05) is 48.5 Å². The van der Waals surface area contributed by atoms with Gasteiger partial charge in [-0.25, -0.2) is 8.78 Å². The van der Waals surface area contributed by atoms with E-state index in [0.29, 0.717) is 11.0 Å². The number of pyridine rings is 2. The largest absolute Gasteiger partial charge is 0.253 e. The number of aromatic nitrogens is 2. The molecule has 0 N–H and O–H groups in total. The molecule has 0 aliphatic carbocycles. The third kappa shape index (κ3) is 3.71. The Morgan fingerprint density at radius 3 is 1.26 bits per heavy atom. The maximum absolute atomic E-state index is 15.9. The van der Waals surface area contributed by atoms with Crippen molar-refractivity contribution in [2.45, 2.75) is 19.6 Å². The maximum Gasteiger partial charge on any atom is 0.169 e. The standard InChI is InChI=1S/C40H30F2N2S2/c1-45(2)33-11-7-5-9-27(33)29-17-23(13-15-35(29)45)25-19-31-37(41)38(42)32-20-26(22-44-40(32)39(31)43-21-25)24-14-16-36-30(18-24)28-10-6-8-12-34(28)46(36,3)4/h5-22H,1-4H3. The van der Waals surface area contributed by atoms with Gasteiger partial charge in [-0.05, 0) is 107 Å². The number of rotatable bonds is 2. The lowest BCUT2D eigenvalue weighted by Gasteiger charge is -2.28. The molecule has 9 rings (SSSR count). The van der Waals surface area contributed by atoms with Crippen LogP contribution in [-0.2, 0) is 0 Å². The molecule has 0 amide bonds. The van der Waals surface area contributed by atoms with Crippen molar-refractivity contribution in [2.24, 2.45) is 0 Å². The molecule has 0 unspecified atom stereocenters. The van der Waals surface area contributed by atoms with Crippen molar-refractivity contribution in [1.29, 1.82) is 0 Å². The van der Waals surface area contributed by atoms with Crippen molar-refractivity contribution in [2.75, 3.05) is 25.0 Å². The second-order valence-corrected chi connectivity index (χ2v) is 20.0. The summed E-state index contributed by atoms with van der Waals surface area (Å²) in [4.78, 5) is 14.8. The first-order valence-corrected chi connectivity index (χ1v) is 20.1. The van der Waals surface area contributed by atoms with Crippen molar-refractivity contribution < 1.29 is 8.78 Å². The Labute approximate surface area is 269 Å². The summed E-state index contributed by atoms with van der Waals surface area (Å²) < 4.78 is 31.7. The van der Waals surface area contributed by atoms with E-state index in [1.165, 1.54) is 41.8 Å². The highest BCUT2D eigenvalue weighted by Crippen LogP contribution is 2.68. The molecule has 7 aromatic rings. The SMILES string of the molecule is CS1(C)c2ccccc2-c2cc(-c3cnc4c(c3)c(F)c(F)c3cc(-c5ccc6c(c5)-c5ccccc5S6(C)C)cnc34)ccc21. The van der Waals surface area contributed by atoms with Gasteiger partial charge in [0.2, 0.25) is 0 Å². The van der Waals surface area contributed by atoms with E-state index in [0.717, 1.165) is 22.3 Å². The molecule has 4 heterocycles. The van der Waals surface area contributed by atoms with Gasteiger partial charge in [0.25, 0.3) is 0 Å². The van der Waals surface area contributed by atoms with Gasteiger partial charge in [-0.2, -0.15) is 20.1 Å². The third-order valence-electron chi connectivity index (χ3n) is 9.84. The zero-order valence-electron chi connectivity index (χ0n) is 25.9. The lowest BCUT2D eigenvalue weighted by Crippen LogP contribution is -1.96. The van der Waals surface area contributed by atoms with Gasteiger partial charge in [0.05, 0.1) is 11.0 Å². The summed E-state index contributed by atoms with van der Waals surface area (Å²) in [6, 6.07) is 33.4. The van der Waals surface area contributed by atoms with E-state index >= 15 is 8.78 Å². The Kier molecular flexibility index (Phi) is 5.74. The Bertz CT molecular complexity index is 2290. The van der Waals surface area contributed by atoms with Crippen molar-refractivity contribution in [1.82, 2.24) is 9.97 Å². The van der Waals surface area contributed by atoms with Crippen molar-refractivity contribution in [3.8, 4) is 44.5 Å². The number of benzene rings is 5. The predicted molar refractivity (Wildman–Crippen MR) is 191 cm³/mol. The first-order valence-electron chi connectivity index (χ1n) is 15.2. The fraction of sp³-hybridized carbons (Fsp3) is 0.100. The first kappa shape index (κ1) is 27.8. The van der Waals surface area contributed by atoms with Crippen LogP contribution < -0.4 is 0 Å². The average molecular weight is 641 g/mol. The molecule has 2 aliphatic heterocycles. The second-order valence-electron chi connectivity index (χ2n) is 12.9. The number of fused-ring (bicyclic) bond motifs is 9. The van der Waals surface area contributed by atoms with Gasteiger partial charge in [0.1, 0.15) is 0 Å². The lowest BCUT2D eigenvalue weighted by atomic mass is 9.97. The summed E-state index contributed by atoms with van der Waals surface area (Å²) in [7, 11) is -2.23. The zero-order valence-corrected chi connectivity index (χ0v) is 27.5. The second kappa shape index (κ2) is 9.50. The summed E-state index contributed by atoms with van der Waals surface area (Å²) in [6.45, 7) is 0. The van der Waals surface area contributed by atoms with Crippen LogP contribution in [0.3, 0.4) is 0 Å². The van der Waals surface area contributed by atoms with Crippen molar-refractivity contribution >= 4 is 41.9 Å². The average Bonchev–Trinajstić information content (AvgIpc) is 3.46. The van der Waals surface area contributed by atoms with Crippen molar-refractivity contribution in [3.63, 3.8) is 0 Å². The topological polar surface area (TPSA) is 25.8 Å². The Morgan fingerprint density at radius 2 is 0.826 bits per heavy atom. The van der Waals surface area contributed by atoms with Crippen LogP contribution in [0.4, 0.5) is 8.78 Å². The van der Waals surface area contributed by atoms with E-state index in [-0.39, 0.29) is 10.8 Å². The minimum absolute atomic E-state index is 0.133. The van der Waals surface area contributed by atoms with Crippen LogP contribution in [0.25, 0.3) is 66.3 Å². The fourth-order valence-corrected chi connectivity index (χ4v) is 12.4. The third-order valence-corrected chi connectivity index (χ3v) is 15.7. The highest BCUT2D eigenvalue weighted by molar-refractivity contribution is 8.33. The summed E-state index contributed by atoms with van der Waals surface area (Å²) in [5, 5.41) is 0.267. The smallest absolute Gasteiger partial charge is 0.169 e. The molecule has 0 atom stereocenters. The predicted octanol–water partition coefficient (Wildman–Crippen LogP) is 11.3. The first-order chi connectivity index (χ1) is 22.1. The van der Waals surface area contributed by atoms with Crippen LogP contribution in [0, 0.1) is 11.6 Å². The van der Waals surface area contributed by atoms with E-state index in [2.05, 4.69) is 120 Å². The van der Waals surface area contributed by atoms with Crippen LogP contribution in [-0.4, -0.2) is 35.0 Å². The van der Waals surface area contributed by atoms with Crippen LogP contribution >= 0.6 is 20.1 Å². The molecule has 2 aliphatic rings. The lowest BCUT2D eigenvalue weighted by molar-refractivity contribution is 0.525. The molecule has 0 saturated carbocycles. The van der Waals surface area contributed by atoms with E-state index in [9.17, 15) is 0 Å². The van der Waals surface area contributed by atoms with Gasteiger partial charge in [0, 0.05) is 53.9 Å². The molecule has 46 heavy (non-hydrogen) atoms. The molecule has 5 aromatic carbocycles. The Hall–Kier alpha value is -4.52. The van der Waals surface area contributed by atoms with Gasteiger partial charge < -0.3 is 0 Å². The molecule has 2 aromatic heterocycles. The number of hydrogen-bond acceptors (Lipinski definition) is 2. The summed E-state index contributed by atoms with van der Waals surface area (Å²) in [5.74, 6) is -1.80. The highest BCUT2D eigenvalue weighted by atomic mass is 32.3. The van der Waals surface area contributed by atoms with Crippen LogP contribution in [0.15, 0.2) is 129 Å². The molecule has 0 fully saturated rings. The monoisotopic (exact) mass is 640 g/mol. The van der Waals surface area contributed by atoms with Gasteiger partial charge in [-0.3, -0.25) is 9.97 Å². The number of nitrogens with zero attached hydrogens (tertiary/aromatic N) is 2. The quantitative estimate of drug-likeness (QED) is 0.176. The van der Waals surface area contributed by atoms with Gasteiger partial charge in [-0.15, -0.1) is 0 Å². The maximum atomic E-state index is 15.9. The van der Waals surface area contributed by atoms with Crippen molar-refractivity contribution in [3.05, 3.63) is 121 Å². The van der Waals surface area contributed by atoms with Gasteiger partial charge in [0.15, 0.2) is 11.6 Å². The number of hydrogen-bond donors (Lipinski definition) is 0. The molecule has 6 heteroatoms. The highest BCUT2D eigenvalue weighted by Gasteiger charge is 2.33. The Morgan fingerprint density at radius 1 is 0.435 bits per heavy atom. The van der Waals surface area contributed by atoms with Gasteiger partial charge >= 0.3 is 0 Å². The molecule has 2 nitrogen and oxygen atoms in total. The molecule has 0 radical (unpaired) electrons. The van der Waals surface area contributed by atoms with E-state index in [1.807, 2.05) is 0 Å². The molecular weight excluding hydrogens is 611 g/mol. The van der Waals surface area contributed by atoms with Crippen LogP contribution in [0.1, 0.15) is 0 Å². The fourth-order valence-electron chi connectivity index (χ4n) is 7.43. The normalized spacial score (nSPS) is 16.5.